The lowest BCUT2D eigenvalue weighted by Gasteiger charge is -2.34. The second-order valence-corrected chi connectivity index (χ2v) is 7.62. The molecular formula is C17H23N5O3S. The maximum Gasteiger partial charge on any atom is 0.236 e. The number of ether oxygens (including phenoxy) is 1. The summed E-state index contributed by atoms with van der Waals surface area (Å²) in [5.41, 5.74) is 1.83. The molecule has 2 aromatic heterocycles. The predicted octanol–water partition coefficient (Wildman–Crippen LogP) is 1.54. The molecule has 2 aromatic rings. The Morgan fingerprint density at radius 3 is 2.73 bits per heavy atom. The van der Waals surface area contributed by atoms with E-state index in [-0.39, 0.29) is 5.91 Å². The normalized spacial score (nSPS) is 19.8. The highest BCUT2D eigenvalue weighted by Gasteiger charge is 2.29. The molecule has 0 aliphatic carbocycles. The van der Waals surface area contributed by atoms with E-state index in [2.05, 4.69) is 19.6 Å². The van der Waals surface area contributed by atoms with Gasteiger partial charge >= 0.3 is 0 Å². The number of nitrogens with zero attached hydrogens (tertiary/aromatic N) is 5. The lowest BCUT2D eigenvalue weighted by atomic mass is 9.92. The van der Waals surface area contributed by atoms with Crippen LogP contribution >= 0.6 is 11.5 Å². The van der Waals surface area contributed by atoms with Gasteiger partial charge < -0.3 is 14.2 Å². The van der Waals surface area contributed by atoms with Crippen molar-refractivity contribution in [3.8, 4) is 10.6 Å². The average Bonchev–Trinajstić information content (AvgIpc) is 3.31. The summed E-state index contributed by atoms with van der Waals surface area (Å²) in [6, 6.07) is 1.92. The lowest BCUT2D eigenvalue weighted by Crippen LogP contribution is -2.46. The second kappa shape index (κ2) is 7.81. The third kappa shape index (κ3) is 3.79. The first kappa shape index (κ1) is 17.6. The molecule has 2 aliphatic heterocycles. The van der Waals surface area contributed by atoms with Crippen LogP contribution in [0.1, 0.15) is 30.1 Å². The molecule has 0 N–H and O–H groups in total. The first-order valence-corrected chi connectivity index (χ1v) is 9.82. The molecule has 1 amide bonds. The number of morpholine rings is 1. The molecule has 2 fully saturated rings. The number of aryl methyl sites for hydroxylation is 1. The van der Waals surface area contributed by atoms with Crippen molar-refractivity contribution in [1.82, 2.24) is 24.5 Å². The Morgan fingerprint density at radius 1 is 1.27 bits per heavy atom. The van der Waals surface area contributed by atoms with Gasteiger partial charge in [0.2, 0.25) is 5.91 Å². The van der Waals surface area contributed by atoms with Gasteiger partial charge in [0.25, 0.3) is 0 Å². The van der Waals surface area contributed by atoms with E-state index in [0.717, 1.165) is 74.3 Å². The number of rotatable bonds is 4. The van der Waals surface area contributed by atoms with Crippen LogP contribution in [0.2, 0.25) is 0 Å². The molecule has 26 heavy (non-hydrogen) atoms. The van der Waals surface area contributed by atoms with Crippen LogP contribution in [0, 0.1) is 6.92 Å². The van der Waals surface area contributed by atoms with Crippen molar-refractivity contribution in [2.45, 2.75) is 25.7 Å². The minimum absolute atomic E-state index is 0.216. The summed E-state index contributed by atoms with van der Waals surface area (Å²) in [4.78, 5) is 17.7. The molecule has 2 aliphatic rings. The van der Waals surface area contributed by atoms with E-state index in [4.69, 9.17) is 9.26 Å². The first-order valence-electron chi connectivity index (χ1n) is 9.04. The molecule has 0 atom stereocenters. The van der Waals surface area contributed by atoms with Gasteiger partial charge in [-0.25, -0.2) is 0 Å². The fraction of sp³-hybridized carbons (Fsp3) is 0.647. The van der Waals surface area contributed by atoms with Gasteiger partial charge in [0, 0.05) is 38.2 Å². The molecule has 4 rings (SSSR count). The fourth-order valence-corrected chi connectivity index (χ4v) is 4.26. The minimum atomic E-state index is 0.216. The monoisotopic (exact) mass is 377 g/mol. The van der Waals surface area contributed by atoms with E-state index in [1.54, 1.807) is 0 Å². The Morgan fingerprint density at radius 2 is 2.04 bits per heavy atom. The Labute approximate surface area is 156 Å². The van der Waals surface area contributed by atoms with Crippen LogP contribution in [-0.4, -0.2) is 76.4 Å². The number of carbonyl (C=O) groups is 1. The smallest absolute Gasteiger partial charge is 0.236 e. The average molecular weight is 377 g/mol. The molecular weight excluding hydrogens is 354 g/mol. The zero-order chi connectivity index (χ0) is 17.9. The minimum Gasteiger partial charge on any atom is -0.379 e. The van der Waals surface area contributed by atoms with Gasteiger partial charge in [0.15, 0.2) is 5.76 Å². The molecule has 8 nitrogen and oxygen atoms in total. The second-order valence-electron chi connectivity index (χ2n) is 6.86. The van der Waals surface area contributed by atoms with Crippen LogP contribution in [0.3, 0.4) is 0 Å². The summed E-state index contributed by atoms with van der Waals surface area (Å²) >= 11 is 1.35. The number of hydrogen-bond donors (Lipinski definition) is 0. The summed E-state index contributed by atoms with van der Waals surface area (Å²) in [6.07, 6.45) is 1.81. The first-order chi connectivity index (χ1) is 12.7. The van der Waals surface area contributed by atoms with Crippen molar-refractivity contribution in [3.05, 3.63) is 17.5 Å². The number of piperidine rings is 1. The Kier molecular flexibility index (Phi) is 5.28. The largest absolute Gasteiger partial charge is 0.379 e. The maximum atomic E-state index is 12.5. The van der Waals surface area contributed by atoms with E-state index >= 15 is 0 Å². The van der Waals surface area contributed by atoms with Crippen molar-refractivity contribution in [2.24, 2.45) is 0 Å². The maximum absolute atomic E-state index is 12.5. The van der Waals surface area contributed by atoms with Gasteiger partial charge in [0.05, 0.1) is 31.1 Å². The van der Waals surface area contributed by atoms with Crippen LogP contribution in [0.4, 0.5) is 0 Å². The van der Waals surface area contributed by atoms with Crippen LogP contribution in [0.25, 0.3) is 10.6 Å². The molecule has 9 heteroatoms. The third-order valence-electron chi connectivity index (χ3n) is 5.06. The molecule has 0 radical (unpaired) electrons. The highest BCUT2D eigenvalue weighted by atomic mass is 32.1. The molecule has 140 valence electrons. The quantitative estimate of drug-likeness (QED) is 0.799. The third-order valence-corrected chi connectivity index (χ3v) is 5.82. The van der Waals surface area contributed by atoms with Crippen LogP contribution in [0.15, 0.2) is 10.6 Å². The molecule has 0 spiro atoms. The molecule has 2 saturated heterocycles. The van der Waals surface area contributed by atoms with Crippen molar-refractivity contribution < 1.29 is 14.1 Å². The number of carbonyl (C=O) groups excluding carboxylic acids is 1. The Bertz CT molecular complexity index is 747. The lowest BCUT2D eigenvalue weighted by molar-refractivity contribution is -0.134. The summed E-state index contributed by atoms with van der Waals surface area (Å²) < 4.78 is 14.8. The molecule has 0 bridgehead atoms. The Hall–Kier alpha value is -1.84. The van der Waals surface area contributed by atoms with Crippen molar-refractivity contribution in [1.29, 1.82) is 0 Å². The van der Waals surface area contributed by atoms with Crippen molar-refractivity contribution >= 4 is 17.4 Å². The standard InChI is InChI=1S/C17H23N5O3S/c1-12-10-14(25-19-12)17-16(18-20-26-17)13-2-4-22(5-3-13)15(23)11-21-6-8-24-9-7-21/h10,13H,2-9,11H2,1H3. The molecule has 0 aromatic carbocycles. The van der Waals surface area contributed by atoms with E-state index < -0.39 is 0 Å². The van der Waals surface area contributed by atoms with Gasteiger partial charge in [-0.2, -0.15) is 0 Å². The summed E-state index contributed by atoms with van der Waals surface area (Å²) in [6.45, 7) is 7.04. The van der Waals surface area contributed by atoms with E-state index in [0.29, 0.717) is 12.5 Å². The summed E-state index contributed by atoms with van der Waals surface area (Å²) in [7, 11) is 0. The number of aromatic nitrogens is 3. The van der Waals surface area contributed by atoms with Crippen LogP contribution in [-0.2, 0) is 9.53 Å². The van der Waals surface area contributed by atoms with E-state index in [1.165, 1.54) is 11.5 Å². The van der Waals surface area contributed by atoms with Gasteiger partial charge in [-0.1, -0.05) is 9.64 Å². The van der Waals surface area contributed by atoms with Crippen LogP contribution < -0.4 is 0 Å². The SMILES string of the molecule is Cc1cc(-c2snnc2C2CCN(C(=O)CN3CCOCC3)CC2)on1. The van der Waals surface area contributed by atoms with Crippen molar-refractivity contribution in [2.75, 3.05) is 45.9 Å². The van der Waals surface area contributed by atoms with Gasteiger partial charge in [-0.3, -0.25) is 9.69 Å². The van der Waals surface area contributed by atoms with Crippen molar-refractivity contribution in [3.63, 3.8) is 0 Å². The molecule has 4 heterocycles. The summed E-state index contributed by atoms with van der Waals surface area (Å²) in [5, 5.41) is 8.30. The topological polar surface area (TPSA) is 84.6 Å². The highest BCUT2D eigenvalue weighted by Crippen LogP contribution is 2.36. The zero-order valence-electron chi connectivity index (χ0n) is 14.9. The van der Waals surface area contributed by atoms with Gasteiger partial charge in [-0.15, -0.1) is 5.10 Å². The van der Waals surface area contributed by atoms with Gasteiger partial charge in [0.1, 0.15) is 4.88 Å². The van der Waals surface area contributed by atoms with E-state index in [9.17, 15) is 4.79 Å². The zero-order valence-corrected chi connectivity index (χ0v) is 15.7. The highest BCUT2D eigenvalue weighted by molar-refractivity contribution is 7.09. The molecule has 0 saturated carbocycles. The molecule has 0 unspecified atom stereocenters. The number of likely N-dealkylation sites (tertiary alicyclic amines) is 1. The fourth-order valence-electron chi connectivity index (χ4n) is 3.56. The number of amides is 1. The van der Waals surface area contributed by atoms with E-state index in [1.807, 2.05) is 17.9 Å². The Balaban J connectivity index is 1.35. The van der Waals surface area contributed by atoms with Gasteiger partial charge in [-0.05, 0) is 31.3 Å². The summed E-state index contributed by atoms with van der Waals surface area (Å²) in [5.74, 6) is 1.26. The number of hydrogen-bond acceptors (Lipinski definition) is 8. The van der Waals surface area contributed by atoms with Crippen LogP contribution in [0.5, 0.6) is 0 Å². The predicted molar refractivity (Wildman–Crippen MR) is 96.0 cm³/mol.